The van der Waals surface area contributed by atoms with Gasteiger partial charge in [0.05, 0.1) is 12.2 Å². The van der Waals surface area contributed by atoms with Crippen molar-refractivity contribution >= 4 is 17.8 Å². The fourth-order valence-corrected chi connectivity index (χ4v) is 3.30. The molecule has 8 nitrogen and oxygen atoms in total. The summed E-state index contributed by atoms with van der Waals surface area (Å²) in [5.41, 5.74) is 1.99. The van der Waals surface area contributed by atoms with E-state index in [2.05, 4.69) is 15.4 Å². The third kappa shape index (κ3) is 3.76. The van der Waals surface area contributed by atoms with E-state index in [0.29, 0.717) is 23.8 Å². The standard InChI is InChI=1S/C20H25N5O3/c1-4-11-21-16(26)12-24-14(3)17(19(27)28-5-2)18(15-9-7-6-8-10-15)25-20(24)22-13-23-25/h6-10,13,18H,4-5,11-12H2,1-3H3,(H,21,26)/t18-/m1/s1. The van der Waals surface area contributed by atoms with E-state index in [4.69, 9.17) is 4.74 Å². The topological polar surface area (TPSA) is 89.4 Å². The van der Waals surface area contributed by atoms with Gasteiger partial charge in [-0.05, 0) is 25.8 Å². The maximum absolute atomic E-state index is 12.9. The number of allylic oxidation sites excluding steroid dienone is 1. The number of hydrogen-bond acceptors (Lipinski definition) is 6. The zero-order valence-corrected chi connectivity index (χ0v) is 16.4. The van der Waals surface area contributed by atoms with E-state index in [1.807, 2.05) is 44.2 Å². The van der Waals surface area contributed by atoms with E-state index >= 15 is 0 Å². The van der Waals surface area contributed by atoms with Crippen LogP contribution in [0.15, 0.2) is 47.9 Å². The zero-order chi connectivity index (χ0) is 20.1. The number of nitrogens with zero attached hydrogens (tertiary/aromatic N) is 4. The van der Waals surface area contributed by atoms with E-state index in [9.17, 15) is 9.59 Å². The lowest BCUT2D eigenvalue weighted by Gasteiger charge is -2.35. The summed E-state index contributed by atoms with van der Waals surface area (Å²) in [7, 11) is 0. The lowest BCUT2D eigenvalue weighted by Crippen LogP contribution is -2.42. The van der Waals surface area contributed by atoms with Crippen molar-refractivity contribution in [3.8, 4) is 0 Å². The molecule has 0 bridgehead atoms. The molecule has 2 heterocycles. The number of carbonyl (C=O) groups excluding carboxylic acids is 2. The third-order valence-electron chi connectivity index (χ3n) is 4.59. The number of aromatic nitrogens is 3. The molecule has 148 valence electrons. The Hall–Kier alpha value is -3.16. The fourth-order valence-electron chi connectivity index (χ4n) is 3.30. The normalized spacial score (nSPS) is 16.0. The van der Waals surface area contributed by atoms with Crippen molar-refractivity contribution in [3.63, 3.8) is 0 Å². The number of hydrogen-bond donors (Lipinski definition) is 1. The maximum atomic E-state index is 12.9. The number of rotatable bonds is 7. The molecule has 0 radical (unpaired) electrons. The average Bonchev–Trinajstić information content (AvgIpc) is 3.18. The van der Waals surface area contributed by atoms with Crippen molar-refractivity contribution in [2.24, 2.45) is 0 Å². The Labute approximate surface area is 164 Å². The summed E-state index contributed by atoms with van der Waals surface area (Å²) in [6.07, 6.45) is 2.28. The molecule has 2 aromatic rings. The second-order valence-electron chi connectivity index (χ2n) is 6.47. The molecule has 0 unspecified atom stereocenters. The van der Waals surface area contributed by atoms with Crippen LogP contribution in [-0.2, 0) is 14.3 Å². The molecule has 1 N–H and O–H groups in total. The number of fused-ring (bicyclic) bond motifs is 1. The molecule has 1 atom stereocenters. The van der Waals surface area contributed by atoms with Gasteiger partial charge in [0.25, 0.3) is 0 Å². The molecule has 0 fully saturated rings. The predicted molar refractivity (Wildman–Crippen MR) is 105 cm³/mol. The van der Waals surface area contributed by atoms with Crippen LogP contribution in [0.1, 0.15) is 38.8 Å². The molecule has 0 spiro atoms. The first-order valence-electron chi connectivity index (χ1n) is 9.45. The lowest BCUT2D eigenvalue weighted by molar-refractivity contribution is -0.139. The minimum absolute atomic E-state index is 0.0505. The Morgan fingerprint density at radius 2 is 1.96 bits per heavy atom. The molecule has 28 heavy (non-hydrogen) atoms. The Balaban J connectivity index is 2.07. The molecule has 1 aliphatic rings. The summed E-state index contributed by atoms with van der Waals surface area (Å²) in [5.74, 6) is -0.0443. The number of amides is 1. The summed E-state index contributed by atoms with van der Waals surface area (Å²) in [6.45, 7) is 6.48. The van der Waals surface area contributed by atoms with Gasteiger partial charge in [-0.3, -0.25) is 4.79 Å². The molecule has 1 aromatic heterocycles. The van der Waals surface area contributed by atoms with Crippen molar-refractivity contribution in [1.29, 1.82) is 0 Å². The van der Waals surface area contributed by atoms with Crippen molar-refractivity contribution < 1.29 is 14.3 Å². The highest BCUT2D eigenvalue weighted by molar-refractivity contribution is 5.93. The Morgan fingerprint density at radius 1 is 1.21 bits per heavy atom. The monoisotopic (exact) mass is 383 g/mol. The first-order valence-corrected chi connectivity index (χ1v) is 9.45. The minimum atomic E-state index is -0.465. The first kappa shape index (κ1) is 19.6. The first-order chi connectivity index (χ1) is 13.6. The molecular formula is C20H25N5O3. The van der Waals surface area contributed by atoms with Gasteiger partial charge < -0.3 is 15.0 Å². The molecule has 1 amide bonds. The van der Waals surface area contributed by atoms with E-state index in [1.54, 1.807) is 16.5 Å². The predicted octanol–water partition coefficient (Wildman–Crippen LogP) is 2.05. The molecule has 1 aromatic carbocycles. The number of ether oxygens (including phenoxy) is 1. The largest absolute Gasteiger partial charge is 0.463 e. The summed E-state index contributed by atoms with van der Waals surface area (Å²) in [5, 5.41) is 7.21. The molecule has 0 saturated carbocycles. The van der Waals surface area contributed by atoms with Crippen molar-refractivity contribution in [2.45, 2.75) is 33.2 Å². The second kappa shape index (κ2) is 8.69. The van der Waals surface area contributed by atoms with Crippen LogP contribution >= 0.6 is 0 Å². The maximum Gasteiger partial charge on any atom is 0.338 e. The van der Waals surface area contributed by atoms with Crippen LogP contribution in [-0.4, -0.2) is 46.3 Å². The van der Waals surface area contributed by atoms with Gasteiger partial charge in [0.2, 0.25) is 11.9 Å². The number of anilines is 1. The van der Waals surface area contributed by atoms with Gasteiger partial charge >= 0.3 is 5.97 Å². The van der Waals surface area contributed by atoms with Crippen LogP contribution < -0.4 is 10.2 Å². The highest BCUT2D eigenvalue weighted by atomic mass is 16.5. The van der Waals surface area contributed by atoms with Crippen LogP contribution in [0.3, 0.4) is 0 Å². The summed E-state index contributed by atoms with van der Waals surface area (Å²) in [4.78, 5) is 31.3. The lowest BCUT2D eigenvalue weighted by atomic mass is 9.95. The molecule has 0 aliphatic carbocycles. The fraction of sp³-hybridized carbons (Fsp3) is 0.400. The van der Waals surface area contributed by atoms with Gasteiger partial charge in [-0.25, -0.2) is 9.48 Å². The quantitative estimate of drug-likeness (QED) is 0.736. The van der Waals surface area contributed by atoms with Crippen molar-refractivity contribution in [2.75, 3.05) is 24.6 Å². The molecule has 0 saturated heterocycles. The Morgan fingerprint density at radius 3 is 2.64 bits per heavy atom. The van der Waals surface area contributed by atoms with E-state index in [-0.39, 0.29) is 19.1 Å². The van der Waals surface area contributed by atoms with Gasteiger partial charge in [0, 0.05) is 12.2 Å². The minimum Gasteiger partial charge on any atom is -0.463 e. The van der Waals surface area contributed by atoms with Gasteiger partial charge in [-0.15, -0.1) is 0 Å². The van der Waals surface area contributed by atoms with E-state index in [1.165, 1.54) is 6.33 Å². The van der Waals surface area contributed by atoms with Crippen molar-refractivity contribution in [1.82, 2.24) is 20.1 Å². The average molecular weight is 383 g/mol. The van der Waals surface area contributed by atoms with Crippen LogP contribution in [0.5, 0.6) is 0 Å². The summed E-state index contributed by atoms with van der Waals surface area (Å²) >= 11 is 0. The van der Waals surface area contributed by atoms with Gasteiger partial charge in [0.15, 0.2) is 0 Å². The van der Waals surface area contributed by atoms with Crippen molar-refractivity contribution in [3.05, 3.63) is 53.5 Å². The third-order valence-corrected chi connectivity index (χ3v) is 4.59. The SMILES string of the molecule is CCCNC(=O)CN1C(C)=C(C(=O)OCC)[C@@H](c2ccccc2)n2ncnc21. The Bertz CT molecular complexity index is 875. The molecule has 3 rings (SSSR count). The number of esters is 1. The number of nitrogens with one attached hydrogen (secondary N) is 1. The van der Waals surface area contributed by atoms with Crippen LogP contribution in [0.4, 0.5) is 5.95 Å². The van der Waals surface area contributed by atoms with Gasteiger partial charge in [0.1, 0.15) is 18.9 Å². The summed E-state index contributed by atoms with van der Waals surface area (Å²) < 4.78 is 7.00. The molecular weight excluding hydrogens is 358 g/mol. The number of benzene rings is 1. The smallest absolute Gasteiger partial charge is 0.338 e. The highest BCUT2D eigenvalue weighted by Gasteiger charge is 2.38. The Kier molecular flexibility index (Phi) is 6.08. The molecule has 8 heteroatoms. The van der Waals surface area contributed by atoms with Gasteiger partial charge in [-0.2, -0.15) is 10.1 Å². The van der Waals surface area contributed by atoms with Crippen LogP contribution in [0, 0.1) is 0 Å². The second-order valence-corrected chi connectivity index (χ2v) is 6.47. The zero-order valence-electron chi connectivity index (χ0n) is 16.4. The molecule has 1 aliphatic heterocycles. The summed E-state index contributed by atoms with van der Waals surface area (Å²) in [6, 6.07) is 9.15. The van der Waals surface area contributed by atoms with Crippen LogP contribution in [0.25, 0.3) is 0 Å². The highest BCUT2D eigenvalue weighted by Crippen LogP contribution is 2.38. The van der Waals surface area contributed by atoms with Crippen LogP contribution in [0.2, 0.25) is 0 Å². The number of carbonyl (C=O) groups is 2. The van der Waals surface area contributed by atoms with E-state index in [0.717, 1.165) is 12.0 Å². The van der Waals surface area contributed by atoms with E-state index < -0.39 is 12.0 Å². The van der Waals surface area contributed by atoms with Gasteiger partial charge in [-0.1, -0.05) is 37.3 Å².